The Bertz CT molecular complexity index is 456. The molecule has 0 aliphatic carbocycles. The van der Waals surface area contributed by atoms with Crippen LogP contribution < -0.4 is 0 Å². The Morgan fingerprint density at radius 2 is 1.86 bits per heavy atom. The normalized spacial score (nSPS) is 16.5. The van der Waals surface area contributed by atoms with Crippen LogP contribution in [0.3, 0.4) is 0 Å². The molecule has 1 aliphatic heterocycles. The van der Waals surface area contributed by atoms with Crippen molar-refractivity contribution in [2.75, 3.05) is 33.2 Å². The molecule has 1 aromatic carbocycles. The predicted molar refractivity (Wildman–Crippen MR) is 91.9 cm³/mol. The van der Waals surface area contributed by atoms with Crippen LogP contribution >= 0.6 is 12.4 Å². The molecule has 4 nitrogen and oxygen atoms in total. The average molecular weight is 327 g/mol. The Morgan fingerprint density at radius 3 is 2.41 bits per heavy atom. The van der Waals surface area contributed by atoms with Crippen molar-refractivity contribution in [3.05, 3.63) is 35.4 Å². The molecule has 0 radical (unpaired) electrons. The molecule has 0 saturated carbocycles. The molecule has 22 heavy (non-hydrogen) atoms. The van der Waals surface area contributed by atoms with Gasteiger partial charge in [-0.2, -0.15) is 0 Å². The van der Waals surface area contributed by atoms with Gasteiger partial charge in [-0.3, -0.25) is 9.69 Å². The second-order valence-electron chi connectivity index (χ2n) is 6.12. The number of hydrogen-bond acceptors (Lipinski definition) is 3. The van der Waals surface area contributed by atoms with Crippen LogP contribution in [0.15, 0.2) is 24.3 Å². The van der Waals surface area contributed by atoms with Crippen molar-refractivity contribution in [3.63, 3.8) is 0 Å². The van der Waals surface area contributed by atoms with Crippen LogP contribution in [-0.4, -0.2) is 60.1 Å². The van der Waals surface area contributed by atoms with E-state index < -0.39 is 5.97 Å². The summed E-state index contributed by atoms with van der Waals surface area (Å²) < 4.78 is 0. The molecular weight excluding hydrogens is 300 g/mol. The molecule has 0 unspecified atom stereocenters. The van der Waals surface area contributed by atoms with Crippen LogP contribution in [0.25, 0.3) is 0 Å². The molecule has 124 valence electrons. The number of benzene rings is 1. The molecule has 0 atom stereocenters. The quantitative estimate of drug-likeness (QED) is 0.872. The minimum atomic E-state index is -0.737. The van der Waals surface area contributed by atoms with E-state index in [0.29, 0.717) is 6.04 Å². The molecule has 1 aliphatic rings. The molecule has 0 aromatic heterocycles. The zero-order chi connectivity index (χ0) is 15.2. The fourth-order valence-corrected chi connectivity index (χ4v) is 2.97. The van der Waals surface area contributed by atoms with Crippen LogP contribution in [0.5, 0.6) is 0 Å². The minimum absolute atomic E-state index is 0. The molecule has 0 amide bonds. The second-order valence-corrected chi connectivity index (χ2v) is 6.12. The van der Waals surface area contributed by atoms with Gasteiger partial charge in [-0.05, 0) is 51.9 Å². The fraction of sp³-hybridized carbons (Fsp3) is 0.588. The molecular formula is C17H27ClN2O2. The van der Waals surface area contributed by atoms with Crippen molar-refractivity contribution >= 4 is 18.4 Å². The zero-order valence-corrected chi connectivity index (χ0v) is 14.3. The Hall–Kier alpha value is -1.10. The first kappa shape index (κ1) is 18.9. The van der Waals surface area contributed by atoms with E-state index >= 15 is 0 Å². The van der Waals surface area contributed by atoms with Crippen molar-refractivity contribution in [2.24, 2.45) is 0 Å². The fourth-order valence-electron chi connectivity index (χ4n) is 2.97. The van der Waals surface area contributed by atoms with E-state index in [-0.39, 0.29) is 19.0 Å². The molecule has 0 spiro atoms. The maximum absolute atomic E-state index is 10.7. The lowest BCUT2D eigenvalue weighted by molar-refractivity contribution is -0.138. The average Bonchev–Trinajstić information content (AvgIpc) is 2.46. The third-order valence-electron chi connectivity index (χ3n) is 4.40. The molecule has 1 saturated heterocycles. The first-order valence-corrected chi connectivity index (χ1v) is 7.74. The van der Waals surface area contributed by atoms with Crippen LogP contribution in [0.2, 0.25) is 0 Å². The SMILES string of the molecule is Cc1ccc(CCN2CCC(N(C)CC(=O)O)CC2)cc1.Cl. The first-order chi connectivity index (χ1) is 10.0. The van der Waals surface area contributed by atoms with Gasteiger partial charge in [0, 0.05) is 12.6 Å². The molecule has 1 fully saturated rings. The van der Waals surface area contributed by atoms with Gasteiger partial charge in [-0.25, -0.2) is 0 Å². The summed E-state index contributed by atoms with van der Waals surface area (Å²) in [6, 6.07) is 9.17. The second kappa shape index (κ2) is 9.13. The van der Waals surface area contributed by atoms with Crippen LogP contribution in [0.1, 0.15) is 24.0 Å². The van der Waals surface area contributed by atoms with Crippen molar-refractivity contribution in [2.45, 2.75) is 32.2 Å². The van der Waals surface area contributed by atoms with E-state index in [9.17, 15) is 4.79 Å². The van der Waals surface area contributed by atoms with Crippen LogP contribution in [0.4, 0.5) is 0 Å². The summed E-state index contributed by atoms with van der Waals surface area (Å²) in [4.78, 5) is 15.2. The largest absolute Gasteiger partial charge is 0.480 e. The maximum Gasteiger partial charge on any atom is 0.317 e. The number of aryl methyl sites for hydroxylation is 1. The molecule has 1 aromatic rings. The van der Waals surface area contributed by atoms with E-state index in [1.165, 1.54) is 11.1 Å². The monoisotopic (exact) mass is 326 g/mol. The van der Waals surface area contributed by atoms with Crippen LogP contribution in [0, 0.1) is 6.92 Å². The third-order valence-corrected chi connectivity index (χ3v) is 4.40. The number of carboxylic acids is 1. The number of rotatable bonds is 6. The predicted octanol–water partition coefficient (Wildman–Crippen LogP) is 2.44. The number of carbonyl (C=O) groups is 1. The summed E-state index contributed by atoms with van der Waals surface area (Å²) in [5, 5.41) is 8.84. The molecule has 1 heterocycles. The standard InChI is InChI=1S/C17H26N2O2.ClH/c1-14-3-5-15(6-4-14)7-10-19-11-8-16(9-12-19)18(2)13-17(20)21;/h3-6,16H,7-13H2,1-2H3,(H,20,21);1H. The number of halogens is 1. The third kappa shape index (κ3) is 5.95. The topological polar surface area (TPSA) is 43.8 Å². The van der Waals surface area contributed by atoms with Gasteiger partial charge in [0.15, 0.2) is 0 Å². The molecule has 5 heteroatoms. The van der Waals surface area contributed by atoms with Crippen molar-refractivity contribution in [3.8, 4) is 0 Å². The summed E-state index contributed by atoms with van der Waals surface area (Å²) in [6.45, 7) is 5.50. The summed E-state index contributed by atoms with van der Waals surface area (Å²) in [5.74, 6) is -0.737. The van der Waals surface area contributed by atoms with Gasteiger partial charge >= 0.3 is 5.97 Å². The Balaban J connectivity index is 0.00000242. The van der Waals surface area contributed by atoms with Crippen LogP contribution in [-0.2, 0) is 11.2 Å². The van der Waals surface area contributed by atoms with Gasteiger partial charge in [0.2, 0.25) is 0 Å². The van der Waals surface area contributed by atoms with Crippen molar-refractivity contribution < 1.29 is 9.90 Å². The highest BCUT2D eigenvalue weighted by Crippen LogP contribution is 2.16. The van der Waals surface area contributed by atoms with E-state index in [2.05, 4.69) is 36.1 Å². The Morgan fingerprint density at radius 1 is 1.27 bits per heavy atom. The minimum Gasteiger partial charge on any atom is -0.480 e. The number of likely N-dealkylation sites (tertiary alicyclic amines) is 1. The lowest BCUT2D eigenvalue weighted by Gasteiger charge is -2.36. The summed E-state index contributed by atoms with van der Waals surface area (Å²) >= 11 is 0. The molecule has 1 N–H and O–H groups in total. The highest BCUT2D eigenvalue weighted by molar-refractivity contribution is 5.85. The van der Waals surface area contributed by atoms with Gasteiger partial charge in [-0.15, -0.1) is 12.4 Å². The van der Waals surface area contributed by atoms with Gasteiger partial charge in [0.25, 0.3) is 0 Å². The summed E-state index contributed by atoms with van der Waals surface area (Å²) in [7, 11) is 1.92. The number of likely N-dealkylation sites (N-methyl/N-ethyl adjacent to an activating group) is 1. The van der Waals surface area contributed by atoms with Gasteiger partial charge in [0.1, 0.15) is 0 Å². The van der Waals surface area contributed by atoms with Crippen molar-refractivity contribution in [1.29, 1.82) is 0 Å². The number of aliphatic carboxylic acids is 1. The Kier molecular flexibility index (Phi) is 7.87. The molecule has 2 rings (SSSR count). The zero-order valence-electron chi connectivity index (χ0n) is 13.5. The van der Waals surface area contributed by atoms with Crippen molar-refractivity contribution in [1.82, 2.24) is 9.80 Å². The maximum atomic E-state index is 10.7. The Labute approximate surface area is 139 Å². The number of carboxylic acid groups (broad SMARTS) is 1. The lowest BCUT2D eigenvalue weighted by atomic mass is 10.0. The van der Waals surface area contributed by atoms with Gasteiger partial charge < -0.3 is 10.0 Å². The number of piperidine rings is 1. The summed E-state index contributed by atoms with van der Waals surface area (Å²) in [6.07, 6.45) is 3.23. The highest BCUT2D eigenvalue weighted by atomic mass is 35.5. The van der Waals surface area contributed by atoms with E-state index in [1.54, 1.807) is 0 Å². The number of nitrogens with zero attached hydrogens (tertiary/aromatic N) is 2. The van der Waals surface area contributed by atoms with E-state index in [1.807, 2.05) is 11.9 Å². The first-order valence-electron chi connectivity index (χ1n) is 7.74. The molecule has 0 bridgehead atoms. The smallest absolute Gasteiger partial charge is 0.317 e. The van der Waals surface area contributed by atoms with Gasteiger partial charge in [-0.1, -0.05) is 29.8 Å². The lowest BCUT2D eigenvalue weighted by Crippen LogP contribution is -2.45. The van der Waals surface area contributed by atoms with Gasteiger partial charge in [0.05, 0.1) is 6.54 Å². The summed E-state index contributed by atoms with van der Waals surface area (Å²) in [5.41, 5.74) is 2.70. The van der Waals surface area contributed by atoms with E-state index in [0.717, 1.165) is 38.9 Å². The van der Waals surface area contributed by atoms with E-state index in [4.69, 9.17) is 5.11 Å². The highest BCUT2D eigenvalue weighted by Gasteiger charge is 2.23. The number of hydrogen-bond donors (Lipinski definition) is 1.